The van der Waals surface area contributed by atoms with Crippen molar-refractivity contribution in [2.75, 3.05) is 0 Å². The zero-order valence-electron chi connectivity index (χ0n) is 29.2. The minimum atomic E-state index is -0.643. The second-order valence-corrected chi connectivity index (χ2v) is 24.8. The zero-order valence-corrected chi connectivity index (χ0v) is 43.2. The van der Waals surface area contributed by atoms with Crippen LogP contribution in [0.4, 0.5) is 0 Å². The summed E-state index contributed by atoms with van der Waals surface area (Å²) in [5.74, 6) is -2.76. The number of fused-ring (bicyclic) bond motifs is 20. The number of hydrogen-bond acceptors (Lipinski definition) is 6. The van der Waals surface area contributed by atoms with Crippen molar-refractivity contribution in [3.63, 3.8) is 0 Å². The first kappa shape index (κ1) is 51.0. The van der Waals surface area contributed by atoms with Crippen LogP contribution in [-0.2, 0) is 17.1 Å². The molecule has 8 nitrogen and oxygen atoms in total. The van der Waals surface area contributed by atoms with Gasteiger partial charge in [0.1, 0.15) is 0 Å². The van der Waals surface area contributed by atoms with Crippen molar-refractivity contribution in [2.24, 2.45) is 47.3 Å². The Kier molecular flexibility index (Phi) is 17.1. The molecule has 8 bridgehead atoms. The van der Waals surface area contributed by atoms with Gasteiger partial charge >= 0.3 is 17.1 Å². The van der Waals surface area contributed by atoms with Gasteiger partial charge in [-0.2, -0.15) is 0 Å². The molecule has 6 N–H and O–H groups in total. The molecule has 0 amide bonds. The van der Waals surface area contributed by atoms with E-state index in [0.29, 0.717) is 0 Å². The van der Waals surface area contributed by atoms with Crippen LogP contribution >= 0.6 is 186 Å². The van der Waals surface area contributed by atoms with Crippen molar-refractivity contribution in [3.8, 4) is 0 Å². The Morgan fingerprint density at radius 2 is 0.379 bits per heavy atom. The van der Waals surface area contributed by atoms with Crippen molar-refractivity contribution in [2.45, 2.75) is 135 Å². The summed E-state index contributed by atoms with van der Waals surface area (Å²) in [6.45, 7) is 0. The van der Waals surface area contributed by atoms with Gasteiger partial charge in [-0.3, -0.25) is 10.6 Å². The van der Waals surface area contributed by atoms with Gasteiger partial charge in [0.15, 0.2) is 0 Å². The summed E-state index contributed by atoms with van der Waals surface area (Å²) >= 11 is 113. The van der Waals surface area contributed by atoms with Crippen molar-refractivity contribution >= 4 is 186 Å². The Labute approximate surface area is 435 Å². The van der Waals surface area contributed by atoms with Crippen LogP contribution in [0.3, 0.4) is 0 Å². The second-order valence-electron chi connectivity index (χ2n) is 16.7. The van der Waals surface area contributed by atoms with Crippen molar-refractivity contribution < 1.29 is 29.5 Å². The molecule has 9 rings (SSSR count). The number of nitrogens with zero attached hydrogens (tertiary/aromatic N) is 2. The minimum Gasteiger partial charge on any atom is -1.00 e. The monoisotopic (exact) mass is 1180 g/mol. The standard InChI is InChI=1S/C32H38Cl16N8.ClH.Mn/c33-9-1-2(10(34)18(42)17(9)41)26-49-25(1)53-27-3-4(12(36)20(44)19(43)11(3)35)29(50-27)55-31-7-8(16(40)24(48)23(47)15(7)39)32(52-31)56-30-6-5(28(51-30)54-26)13(37)21(45)22(46)14(6)38;;/h1-32,49,52-56H;1H;/q-2;;+3/p-1. The van der Waals surface area contributed by atoms with Gasteiger partial charge in [-0.1, -0.05) is 24.7 Å². The minimum absolute atomic E-state index is 0. The maximum Gasteiger partial charge on any atom is 3.00 e. The number of hydrogen-bond donors (Lipinski definition) is 6. The van der Waals surface area contributed by atoms with Crippen LogP contribution in [-0.4, -0.2) is 135 Å². The molecule has 5 heterocycles. The normalized spacial score (nSPS) is 63.7. The first-order chi connectivity index (χ1) is 26.4. The molecule has 26 heteroatoms. The number of nitrogens with one attached hydrogen (secondary N) is 6. The van der Waals surface area contributed by atoms with Gasteiger partial charge in [0.2, 0.25) is 0 Å². The number of halogens is 17. The summed E-state index contributed by atoms with van der Waals surface area (Å²) in [5.41, 5.74) is 0. The fraction of sp³-hybridized carbons (Fsp3) is 1.00. The molecular formula is C32H38Cl17MnN8. The summed E-state index contributed by atoms with van der Waals surface area (Å²) in [6, 6.07) is 0. The third kappa shape index (κ3) is 8.11. The predicted octanol–water partition coefficient (Wildman–Crippen LogP) is 4.65. The molecule has 32 unspecified atom stereocenters. The quantitative estimate of drug-likeness (QED) is 0.156. The first-order valence-electron chi connectivity index (χ1n) is 18.7. The summed E-state index contributed by atoms with van der Waals surface area (Å²) in [6.07, 6.45) is -4.21. The molecule has 0 aromatic carbocycles. The van der Waals surface area contributed by atoms with E-state index in [-0.39, 0.29) is 76.8 Å². The second kappa shape index (κ2) is 19.5. The molecule has 9 fully saturated rings. The topological polar surface area (TPSA) is 100 Å². The van der Waals surface area contributed by atoms with Gasteiger partial charge < -0.3 is 44.3 Å². The Morgan fingerprint density at radius 3 is 0.552 bits per heavy atom. The first-order valence-corrected chi connectivity index (χ1v) is 25.6. The number of alkyl halides is 16. The predicted molar refractivity (Wildman–Crippen MR) is 238 cm³/mol. The summed E-state index contributed by atoms with van der Waals surface area (Å²) in [7, 11) is 0. The largest absolute Gasteiger partial charge is 3.00 e. The molecule has 4 aliphatic carbocycles. The van der Waals surface area contributed by atoms with Crippen LogP contribution < -0.4 is 44.3 Å². The average Bonchev–Trinajstić information content (AvgIpc) is 3.92. The van der Waals surface area contributed by atoms with Crippen LogP contribution in [0, 0.1) is 47.3 Å². The average molecular weight is 1190 g/mol. The smallest absolute Gasteiger partial charge is 1.00 e. The third-order valence-corrected chi connectivity index (χ3v) is 24.5. The van der Waals surface area contributed by atoms with E-state index >= 15 is 0 Å². The Hall–Kier alpha value is 5.13. The molecule has 0 radical (unpaired) electrons. The molecule has 332 valence electrons. The van der Waals surface area contributed by atoms with E-state index in [1.807, 2.05) is 0 Å². The molecule has 0 spiro atoms. The molecule has 4 saturated carbocycles. The van der Waals surface area contributed by atoms with Crippen LogP contribution in [0.15, 0.2) is 0 Å². The molecule has 9 aliphatic rings. The van der Waals surface area contributed by atoms with Crippen molar-refractivity contribution in [1.82, 2.24) is 31.9 Å². The van der Waals surface area contributed by atoms with E-state index in [0.717, 1.165) is 0 Å². The van der Waals surface area contributed by atoms with Crippen molar-refractivity contribution in [1.29, 1.82) is 0 Å². The van der Waals surface area contributed by atoms with E-state index in [9.17, 15) is 0 Å². The molecule has 5 saturated heterocycles. The van der Waals surface area contributed by atoms with Crippen LogP contribution in [0.2, 0.25) is 0 Å². The molecule has 0 aromatic heterocycles. The Bertz CT molecular complexity index is 1180. The van der Waals surface area contributed by atoms with Crippen LogP contribution in [0.5, 0.6) is 0 Å². The zero-order chi connectivity index (χ0) is 40.1. The van der Waals surface area contributed by atoms with E-state index in [4.69, 9.17) is 196 Å². The number of rotatable bonds is 0. The van der Waals surface area contributed by atoms with E-state index < -0.39 is 135 Å². The molecular weight excluding hydrogens is 1150 g/mol. The van der Waals surface area contributed by atoms with E-state index in [2.05, 4.69) is 31.9 Å². The molecule has 32 atom stereocenters. The fourth-order valence-corrected chi connectivity index (χ4v) is 18.5. The molecule has 0 aromatic rings. The van der Waals surface area contributed by atoms with E-state index in [1.165, 1.54) is 0 Å². The van der Waals surface area contributed by atoms with Gasteiger partial charge in [0.25, 0.3) is 0 Å². The van der Waals surface area contributed by atoms with Gasteiger partial charge in [0.05, 0.1) is 111 Å². The van der Waals surface area contributed by atoms with E-state index in [1.54, 1.807) is 0 Å². The van der Waals surface area contributed by atoms with Gasteiger partial charge in [-0.25, -0.2) is 0 Å². The van der Waals surface area contributed by atoms with Crippen LogP contribution in [0.25, 0.3) is 10.6 Å². The van der Waals surface area contributed by atoms with Crippen molar-refractivity contribution in [3.05, 3.63) is 10.6 Å². The molecule has 58 heavy (non-hydrogen) atoms. The maximum absolute atomic E-state index is 7.23. The van der Waals surface area contributed by atoms with Crippen LogP contribution in [0.1, 0.15) is 0 Å². The fourth-order valence-electron chi connectivity index (χ4n) is 11.5. The summed E-state index contributed by atoms with van der Waals surface area (Å²) in [5, 5.41) is 23.4. The third-order valence-electron chi connectivity index (χ3n) is 14.1. The Balaban J connectivity index is 0.00000256. The SMILES string of the molecule is ClC1C(Cl)C(Cl)C2C3[N-]C(NC4NC(NC5[N-]C(NC6NC(N3)C3C(Cl)C(Cl)C(Cl)C(Cl)C63)C3C(Cl)C(Cl)C(Cl)C(Cl)C53)C3C(Cl)C(Cl)C(Cl)C(Cl)C43)C2C1Cl.[Cl-].[Mn+3]. The van der Waals surface area contributed by atoms with Gasteiger partial charge in [-0.05, 0) is 23.7 Å². The van der Waals surface area contributed by atoms with Gasteiger partial charge in [0, 0.05) is 23.7 Å². The molecule has 5 aliphatic heterocycles. The summed E-state index contributed by atoms with van der Waals surface area (Å²) < 4.78 is 0. The summed E-state index contributed by atoms with van der Waals surface area (Å²) in [4.78, 5) is 0. The Morgan fingerprint density at radius 1 is 0.224 bits per heavy atom. The van der Waals surface area contributed by atoms with Gasteiger partial charge in [-0.15, -0.1) is 186 Å². The maximum atomic E-state index is 7.23.